The molecule has 0 fully saturated rings. The first-order valence-corrected chi connectivity index (χ1v) is 11.8. The van der Waals surface area contributed by atoms with Crippen LogP contribution in [0.3, 0.4) is 0 Å². The molecule has 0 saturated carbocycles. The number of aromatic nitrogens is 1. The highest BCUT2D eigenvalue weighted by atomic mass is 35.5. The molecule has 1 heterocycles. The Labute approximate surface area is 228 Å². The molecule has 214 valence electrons. The molecule has 0 saturated heterocycles. The summed E-state index contributed by atoms with van der Waals surface area (Å²) in [6, 6.07) is 5.28. The zero-order chi connectivity index (χ0) is 29.6. The van der Waals surface area contributed by atoms with Crippen molar-refractivity contribution in [2.24, 2.45) is 5.73 Å². The molecule has 0 radical (unpaired) electrons. The summed E-state index contributed by atoms with van der Waals surface area (Å²) >= 11 is 6.10. The number of oxazole rings is 1. The topological polar surface area (TPSA) is 131 Å². The fourth-order valence-corrected chi connectivity index (χ4v) is 3.52. The number of rotatable bonds is 11. The molecular formula is C25H20ClF5N2O7. The van der Waals surface area contributed by atoms with Crippen LogP contribution in [-0.2, 0) is 25.2 Å². The Morgan fingerprint density at radius 3 is 2.23 bits per heavy atom. The van der Waals surface area contributed by atoms with Gasteiger partial charge in [0.15, 0.2) is 11.6 Å². The fraction of sp³-hybridized carbons (Fsp3) is 0.280. The third-order valence-electron chi connectivity index (χ3n) is 5.17. The van der Waals surface area contributed by atoms with Gasteiger partial charge in [-0.3, -0.25) is 14.4 Å². The molecule has 0 aliphatic carbocycles. The zero-order valence-electron chi connectivity index (χ0n) is 20.5. The lowest BCUT2D eigenvalue weighted by Crippen LogP contribution is -2.21. The predicted molar refractivity (Wildman–Crippen MR) is 127 cm³/mol. The molecule has 1 unspecified atom stereocenters. The molecule has 15 heteroatoms. The lowest BCUT2D eigenvalue weighted by molar-refractivity contribution is -0.151. The van der Waals surface area contributed by atoms with Crippen LogP contribution >= 0.6 is 11.6 Å². The number of halogens is 6. The molecule has 1 aromatic heterocycles. The van der Waals surface area contributed by atoms with E-state index < -0.39 is 76.4 Å². The number of carbonyl (C=O) groups excluding carboxylic acids is 3. The van der Waals surface area contributed by atoms with E-state index in [4.69, 9.17) is 36.0 Å². The maximum Gasteiger partial charge on any atom is 0.416 e. The van der Waals surface area contributed by atoms with Crippen molar-refractivity contribution in [1.29, 1.82) is 0 Å². The van der Waals surface area contributed by atoms with Crippen LogP contribution in [-0.4, -0.2) is 36.0 Å². The highest BCUT2D eigenvalue weighted by Gasteiger charge is 2.31. The van der Waals surface area contributed by atoms with Crippen LogP contribution in [0.1, 0.15) is 47.7 Å². The normalized spacial score (nSPS) is 12.1. The molecule has 0 bridgehead atoms. The summed E-state index contributed by atoms with van der Waals surface area (Å²) in [5.41, 5.74) is 3.00. The number of nitrogens with two attached hydrogens (primary N) is 1. The van der Waals surface area contributed by atoms with E-state index in [1.807, 2.05) is 0 Å². The van der Waals surface area contributed by atoms with Gasteiger partial charge in [-0.05, 0) is 42.8 Å². The largest absolute Gasteiger partial charge is 0.474 e. The third-order valence-corrected chi connectivity index (χ3v) is 5.43. The van der Waals surface area contributed by atoms with Gasteiger partial charge in [0, 0.05) is 5.56 Å². The van der Waals surface area contributed by atoms with Crippen LogP contribution in [0.2, 0.25) is 5.22 Å². The SMILES string of the molecule is CCOC(=O)CCC(=O)OCC(Oc1ccc(F)c(C(N)=O)c1F)c1nc(-c2ccc(C(F)(F)F)cc2)c(Cl)o1. The van der Waals surface area contributed by atoms with Gasteiger partial charge < -0.3 is 24.4 Å². The number of benzene rings is 2. The highest BCUT2D eigenvalue weighted by Crippen LogP contribution is 2.35. The number of hydrogen-bond donors (Lipinski definition) is 1. The summed E-state index contributed by atoms with van der Waals surface area (Å²) < 4.78 is 88.1. The summed E-state index contributed by atoms with van der Waals surface area (Å²) in [6.07, 6.45) is -6.83. The van der Waals surface area contributed by atoms with Crippen molar-refractivity contribution >= 4 is 29.4 Å². The Kier molecular flexibility index (Phi) is 9.69. The van der Waals surface area contributed by atoms with Crippen LogP contribution in [0.15, 0.2) is 40.8 Å². The lowest BCUT2D eigenvalue weighted by Gasteiger charge is -2.17. The van der Waals surface area contributed by atoms with Gasteiger partial charge in [0.1, 0.15) is 23.7 Å². The molecule has 40 heavy (non-hydrogen) atoms. The average molecular weight is 591 g/mol. The van der Waals surface area contributed by atoms with Crippen molar-refractivity contribution in [3.05, 3.63) is 70.3 Å². The second-order valence-corrected chi connectivity index (χ2v) is 8.29. The lowest BCUT2D eigenvalue weighted by atomic mass is 10.1. The van der Waals surface area contributed by atoms with Crippen molar-refractivity contribution < 1.29 is 55.0 Å². The number of esters is 2. The van der Waals surface area contributed by atoms with E-state index in [2.05, 4.69) is 4.98 Å². The monoisotopic (exact) mass is 590 g/mol. The number of ether oxygens (including phenoxy) is 3. The van der Waals surface area contributed by atoms with Gasteiger partial charge in [0.25, 0.3) is 5.91 Å². The van der Waals surface area contributed by atoms with Crippen LogP contribution < -0.4 is 10.5 Å². The smallest absolute Gasteiger partial charge is 0.416 e. The predicted octanol–water partition coefficient (Wildman–Crippen LogP) is 5.40. The molecule has 3 rings (SSSR count). The molecule has 9 nitrogen and oxygen atoms in total. The number of nitrogens with zero attached hydrogens (tertiary/aromatic N) is 1. The number of primary amides is 1. The summed E-state index contributed by atoms with van der Waals surface area (Å²) in [7, 11) is 0. The van der Waals surface area contributed by atoms with Gasteiger partial charge >= 0.3 is 18.1 Å². The molecule has 0 aliphatic rings. The Bertz CT molecular complexity index is 1390. The number of carbonyl (C=O) groups is 3. The molecule has 0 aliphatic heterocycles. The number of hydrogen-bond acceptors (Lipinski definition) is 8. The maximum atomic E-state index is 14.8. The molecular weight excluding hydrogens is 571 g/mol. The van der Waals surface area contributed by atoms with E-state index in [1.54, 1.807) is 6.92 Å². The van der Waals surface area contributed by atoms with Crippen molar-refractivity contribution in [2.45, 2.75) is 32.0 Å². The number of amides is 1. The summed E-state index contributed by atoms with van der Waals surface area (Å²) in [4.78, 5) is 39.2. The number of alkyl halides is 3. The van der Waals surface area contributed by atoms with Crippen LogP contribution in [0.5, 0.6) is 5.75 Å². The zero-order valence-corrected chi connectivity index (χ0v) is 21.3. The van der Waals surface area contributed by atoms with Crippen LogP contribution in [0, 0.1) is 11.6 Å². The minimum absolute atomic E-state index is 0.104. The standard InChI is InChI=1S/C25H20ClF5N2O7/c1-2-37-17(34)9-10-18(35)38-11-16(39-15-8-7-14(27)19(20(15)28)23(32)36)24-33-21(22(26)40-24)12-3-5-13(6-4-12)25(29,30)31/h3-8,16H,2,9-11H2,1H3,(H2,32,36). The van der Waals surface area contributed by atoms with E-state index in [1.165, 1.54) is 0 Å². The minimum Gasteiger partial charge on any atom is -0.474 e. The Balaban J connectivity index is 1.91. The minimum atomic E-state index is -4.59. The molecule has 1 atom stereocenters. The summed E-state index contributed by atoms with van der Waals surface area (Å²) in [5.74, 6) is -6.81. The van der Waals surface area contributed by atoms with E-state index >= 15 is 0 Å². The second kappa shape index (κ2) is 12.8. The van der Waals surface area contributed by atoms with Crippen molar-refractivity contribution in [3.63, 3.8) is 0 Å². The van der Waals surface area contributed by atoms with E-state index in [-0.39, 0.29) is 30.7 Å². The van der Waals surface area contributed by atoms with Gasteiger partial charge in [-0.1, -0.05) is 12.1 Å². The van der Waals surface area contributed by atoms with Crippen LogP contribution in [0.25, 0.3) is 11.3 Å². The Morgan fingerprint density at radius 2 is 1.65 bits per heavy atom. The van der Waals surface area contributed by atoms with Gasteiger partial charge in [0.2, 0.25) is 17.2 Å². The van der Waals surface area contributed by atoms with E-state index in [0.29, 0.717) is 6.07 Å². The third kappa shape index (κ3) is 7.46. The van der Waals surface area contributed by atoms with Crippen LogP contribution in [0.4, 0.5) is 22.0 Å². The van der Waals surface area contributed by atoms with Crippen molar-refractivity contribution in [3.8, 4) is 17.0 Å². The molecule has 3 aromatic rings. The van der Waals surface area contributed by atoms with Crippen molar-refractivity contribution in [2.75, 3.05) is 13.2 Å². The van der Waals surface area contributed by atoms with Gasteiger partial charge in [-0.2, -0.15) is 13.2 Å². The summed E-state index contributed by atoms with van der Waals surface area (Å²) in [5, 5.41) is -0.394. The first-order chi connectivity index (χ1) is 18.8. The van der Waals surface area contributed by atoms with Crippen molar-refractivity contribution in [1.82, 2.24) is 4.98 Å². The first-order valence-electron chi connectivity index (χ1n) is 11.4. The molecule has 0 spiro atoms. The Hall–Kier alpha value is -4.20. The Morgan fingerprint density at radius 1 is 1.02 bits per heavy atom. The maximum absolute atomic E-state index is 14.8. The van der Waals surface area contributed by atoms with E-state index in [0.717, 1.165) is 30.3 Å². The van der Waals surface area contributed by atoms with Gasteiger partial charge in [-0.15, -0.1) is 0 Å². The average Bonchev–Trinajstić information content (AvgIpc) is 3.27. The first kappa shape index (κ1) is 30.3. The highest BCUT2D eigenvalue weighted by molar-refractivity contribution is 6.31. The quantitative estimate of drug-likeness (QED) is 0.232. The molecule has 1 amide bonds. The second-order valence-electron chi connectivity index (χ2n) is 7.94. The van der Waals surface area contributed by atoms with Gasteiger partial charge in [0.05, 0.1) is 25.0 Å². The van der Waals surface area contributed by atoms with Gasteiger partial charge in [-0.25, -0.2) is 13.8 Å². The fourth-order valence-electron chi connectivity index (χ4n) is 3.29. The summed E-state index contributed by atoms with van der Waals surface area (Å²) in [6.45, 7) is 0.983. The molecule has 2 aromatic carbocycles. The molecule has 2 N–H and O–H groups in total. The van der Waals surface area contributed by atoms with E-state index in [9.17, 15) is 36.3 Å².